The number of hydrogen-bond donors (Lipinski definition) is 1. The van der Waals surface area contributed by atoms with Gasteiger partial charge in [0, 0.05) is 28.8 Å². The molecule has 0 atom stereocenters. The Kier molecular flexibility index (Phi) is 6.11. The zero-order valence-corrected chi connectivity index (χ0v) is 16.5. The van der Waals surface area contributed by atoms with Crippen molar-refractivity contribution < 1.29 is 23.6 Å². The topological polar surface area (TPSA) is 116 Å². The molecule has 1 heterocycles. The Bertz CT molecular complexity index is 1100. The van der Waals surface area contributed by atoms with Crippen molar-refractivity contribution in [3.8, 4) is 22.8 Å². The van der Waals surface area contributed by atoms with E-state index >= 15 is 0 Å². The van der Waals surface area contributed by atoms with E-state index in [-0.39, 0.29) is 5.69 Å². The van der Waals surface area contributed by atoms with E-state index in [4.69, 9.17) is 13.9 Å². The Morgan fingerprint density at radius 2 is 1.83 bits per heavy atom. The Balaban J connectivity index is 1.73. The number of carbonyl (C=O) groups is 1. The number of nitrogens with zero attached hydrogens (tertiary/aromatic N) is 2. The molecule has 0 bridgehead atoms. The quantitative estimate of drug-likeness (QED) is 0.359. The van der Waals surface area contributed by atoms with Gasteiger partial charge < -0.3 is 13.9 Å². The van der Waals surface area contributed by atoms with Crippen LogP contribution in [0.25, 0.3) is 11.3 Å². The van der Waals surface area contributed by atoms with Gasteiger partial charge in [0.1, 0.15) is 23.0 Å². The molecule has 0 radical (unpaired) electrons. The number of hydrazone groups is 1. The standard InChI is InChI=1S/C21H19N3O6/c1-13-18(5-4-6-19(13)24(26)27)20-8-7-15(30-20)12-22-23-21(25)14-9-16(28-2)11-17(10-14)29-3/h4-12H,1-3H3,(H,23,25)/b22-12+. The highest BCUT2D eigenvalue weighted by atomic mass is 16.6. The van der Waals surface area contributed by atoms with Gasteiger partial charge in [0.15, 0.2) is 0 Å². The fourth-order valence-electron chi connectivity index (χ4n) is 2.81. The second-order valence-electron chi connectivity index (χ2n) is 6.21. The number of ether oxygens (including phenoxy) is 2. The Labute approximate surface area is 172 Å². The van der Waals surface area contributed by atoms with Gasteiger partial charge in [-0.1, -0.05) is 12.1 Å². The van der Waals surface area contributed by atoms with Crippen molar-refractivity contribution in [1.82, 2.24) is 5.43 Å². The molecule has 0 saturated carbocycles. The van der Waals surface area contributed by atoms with Gasteiger partial charge in [-0.15, -0.1) is 0 Å². The lowest BCUT2D eigenvalue weighted by atomic mass is 10.1. The number of hydrogen-bond acceptors (Lipinski definition) is 7. The minimum Gasteiger partial charge on any atom is -0.497 e. The summed E-state index contributed by atoms with van der Waals surface area (Å²) < 4.78 is 16.0. The Morgan fingerprint density at radius 1 is 1.13 bits per heavy atom. The van der Waals surface area contributed by atoms with E-state index in [1.54, 1.807) is 49.4 Å². The first kappa shape index (κ1) is 20.6. The summed E-state index contributed by atoms with van der Waals surface area (Å²) in [7, 11) is 2.98. The smallest absolute Gasteiger partial charge is 0.273 e. The summed E-state index contributed by atoms with van der Waals surface area (Å²) in [6.07, 6.45) is 1.34. The van der Waals surface area contributed by atoms with Crippen molar-refractivity contribution in [2.75, 3.05) is 14.2 Å². The van der Waals surface area contributed by atoms with E-state index in [1.165, 1.54) is 26.5 Å². The zero-order valence-electron chi connectivity index (χ0n) is 16.5. The molecule has 9 nitrogen and oxygen atoms in total. The van der Waals surface area contributed by atoms with Crippen LogP contribution in [-0.2, 0) is 0 Å². The van der Waals surface area contributed by atoms with Gasteiger partial charge in [-0.3, -0.25) is 14.9 Å². The van der Waals surface area contributed by atoms with Gasteiger partial charge >= 0.3 is 0 Å². The molecule has 1 amide bonds. The Hall–Kier alpha value is -4.14. The van der Waals surface area contributed by atoms with Crippen LogP contribution in [0.5, 0.6) is 11.5 Å². The normalized spacial score (nSPS) is 10.8. The molecule has 0 saturated heterocycles. The molecule has 0 aliphatic heterocycles. The van der Waals surface area contributed by atoms with Crippen molar-refractivity contribution in [3.63, 3.8) is 0 Å². The maximum Gasteiger partial charge on any atom is 0.273 e. The van der Waals surface area contributed by atoms with Crippen molar-refractivity contribution in [3.05, 3.63) is 75.5 Å². The molecule has 1 aromatic heterocycles. The highest BCUT2D eigenvalue weighted by Crippen LogP contribution is 2.30. The molecule has 0 spiro atoms. The van der Waals surface area contributed by atoms with Crippen LogP contribution in [0.1, 0.15) is 21.7 Å². The average Bonchev–Trinajstić information content (AvgIpc) is 3.21. The highest BCUT2D eigenvalue weighted by Gasteiger charge is 2.16. The van der Waals surface area contributed by atoms with Crippen molar-refractivity contribution in [2.45, 2.75) is 6.92 Å². The van der Waals surface area contributed by atoms with Crippen molar-refractivity contribution in [1.29, 1.82) is 0 Å². The van der Waals surface area contributed by atoms with Gasteiger partial charge in [0.2, 0.25) is 0 Å². The van der Waals surface area contributed by atoms with E-state index in [0.29, 0.717) is 39.7 Å². The average molecular weight is 409 g/mol. The van der Waals surface area contributed by atoms with Crippen LogP contribution in [-0.4, -0.2) is 31.3 Å². The number of furan rings is 1. The summed E-state index contributed by atoms with van der Waals surface area (Å²) in [5.41, 5.74) is 3.84. The lowest BCUT2D eigenvalue weighted by Gasteiger charge is -2.07. The fourth-order valence-corrected chi connectivity index (χ4v) is 2.81. The lowest BCUT2D eigenvalue weighted by Crippen LogP contribution is -2.17. The van der Waals surface area contributed by atoms with E-state index < -0.39 is 10.8 Å². The van der Waals surface area contributed by atoms with Crippen LogP contribution in [0.15, 0.2) is 58.0 Å². The van der Waals surface area contributed by atoms with Gasteiger partial charge in [0.05, 0.1) is 25.4 Å². The van der Waals surface area contributed by atoms with Crippen molar-refractivity contribution in [2.24, 2.45) is 5.10 Å². The van der Waals surface area contributed by atoms with Gasteiger partial charge in [-0.25, -0.2) is 5.43 Å². The summed E-state index contributed by atoms with van der Waals surface area (Å²) in [6, 6.07) is 12.9. The van der Waals surface area contributed by atoms with E-state index in [1.807, 2.05) is 0 Å². The minimum atomic E-state index is -0.454. The van der Waals surface area contributed by atoms with Gasteiger partial charge in [-0.05, 0) is 31.2 Å². The molecule has 154 valence electrons. The minimum absolute atomic E-state index is 0.0140. The molecule has 30 heavy (non-hydrogen) atoms. The SMILES string of the molecule is COc1cc(OC)cc(C(=O)N/N=C/c2ccc(-c3cccc([N+](=O)[O-])c3C)o2)c1. The second-order valence-corrected chi connectivity index (χ2v) is 6.21. The number of methoxy groups -OCH3 is 2. The number of nitro benzene ring substituents is 1. The molecular weight excluding hydrogens is 390 g/mol. The summed E-state index contributed by atoms with van der Waals surface area (Å²) in [5.74, 6) is 1.34. The number of rotatable bonds is 7. The molecule has 0 aliphatic carbocycles. The third-order valence-electron chi connectivity index (χ3n) is 4.37. The van der Waals surface area contributed by atoms with Gasteiger partial charge in [-0.2, -0.15) is 5.10 Å². The maximum absolute atomic E-state index is 12.3. The van der Waals surface area contributed by atoms with Crippen LogP contribution < -0.4 is 14.9 Å². The molecule has 0 unspecified atom stereocenters. The first-order valence-corrected chi connectivity index (χ1v) is 8.83. The third-order valence-corrected chi connectivity index (χ3v) is 4.37. The number of nitrogens with one attached hydrogen (secondary N) is 1. The van der Waals surface area contributed by atoms with Crippen LogP contribution in [0, 0.1) is 17.0 Å². The van der Waals surface area contributed by atoms with Crippen LogP contribution in [0.2, 0.25) is 0 Å². The molecule has 9 heteroatoms. The number of carbonyl (C=O) groups excluding carboxylic acids is 1. The number of amides is 1. The molecule has 1 N–H and O–H groups in total. The largest absolute Gasteiger partial charge is 0.497 e. The van der Waals surface area contributed by atoms with E-state index in [0.717, 1.165) is 0 Å². The third kappa shape index (κ3) is 4.46. The second kappa shape index (κ2) is 8.91. The zero-order chi connectivity index (χ0) is 21.7. The Morgan fingerprint density at radius 3 is 2.47 bits per heavy atom. The summed E-state index contributed by atoms with van der Waals surface area (Å²) in [6.45, 7) is 1.66. The van der Waals surface area contributed by atoms with E-state index in [9.17, 15) is 14.9 Å². The number of benzene rings is 2. The molecule has 0 fully saturated rings. The number of nitro groups is 1. The van der Waals surface area contributed by atoms with Crippen LogP contribution in [0.4, 0.5) is 5.69 Å². The lowest BCUT2D eigenvalue weighted by molar-refractivity contribution is -0.385. The monoisotopic (exact) mass is 409 g/mol. The summed E-state index contributed by atoms with van der Waals surface area (Å²) >= 11 is 0. The van der Waals surface area contributed by atoms with Crippen LogP contribution >= 0.6 is 0 Å². The maximum atomic E-state index is 12.3. The predicted octanol–water partition coefficient (Wildman–Crippen LogP) is 3.94. The molecule has 3 rings (SSSR count). The fraction of sp³-hybridized carbons (Fsp3) is 0.143. The van der Waals surface area contributed by atoms with E-state index in [2.05, 4.69) is 10.5 Å². The van der Waals surface area contributed by atoms with Crippen molar-refractivity contribution >= 4 is 17.8 Å². The molecule has 0 aliphatic rings. The molecule has 3 aromatic rings. The van der Waals surface area contributed by atoms with Crippen LogP contribution in [0.3, 0.4) is 0 Å². The van der Waals surface area contributed by atoms with Gasteiger partial charge in [0.25, 0.3) is 11.6 Å². The summed E-state index contributed by atoms with van der Waals surface area (Å²) in [5, 5.41) is 15.0. The highest BCUT2D eigenvalue weighted by molar-refractivity contribution is 5.95. The first-order chi connectivity index (χ1) is 14.4. The predicted molar refractivity (Wildman–Crippen MR) is 110 cm³/mol. The molecular formula is C21H19N3O6. The molecule has 2 aromatic carbocycles. The first-order valence-electron chi connectivity index (χ1n) is 8.83. The summed E-state index contributed by atoms with van der Waals surface area (Å²) in [4.78, 5) is 23.0.